The molecule has 0 amide bonds. The smallest absolute Gasteiger partial charge is 0.357 e. The highest BCUT2D eigenvalue weighted by molar-refractivity contribution is 7.87. The lowest BCUT2D eigenvalue weighted by Crippen LogP contribution is -2.10. The molecule has 0 aliphatic heterocycles. The van der Waals surface area contributed by atoms with E-state index >= 15 is 0 Å². The molecule has 0 spiro atoms. The quantitative estimate of drug-likeness (QED) is 0.319. The van der Waals surface area contributed by atoms with Crippen LogP contribution >= 0.6 is 0 Å². The van der Waals surface area contributed by atoms with Gasteiger partial charge >= 0.3 is 10.3 Å². The molecule has 0 fully saturated rings. The van der Waals surface area contributed by atoms with Crippen molar-refractivity contribution < 1.29 is 13.0 Å². The van der Waals surface area contributed by atoms with E-state index in [1.54, 1.807) is 35.1 Å². The lowest BCUT2D eigenvalue weighted by Gasteiger charge is -2.12. The van der Waals surface area contributed by atoms with Crippen LogP contribution in [0.25, 0.3) is 11.0 Å². The van der Waals surface area contributed by atoms with Crippen molar-refractivity contribution in [1.82, 2.24) is 14.8 Å². The maximum Gasteiger partial charge on any atom is 0.357 e. The third kappa shape index (κ3) is 5.11. The Morgan fingerprint density at radius 3 is 2.61 bits per heavy atom. The van der Waals surface area contributed by atoms with E-state index in [-0.39, 0.29) is 0 Å². The summed E-state index contributed by atoms with van der Waals surface area (Å²) in [7, 11) is -2.41. The third-order valence-electron chi connectivity index (χ3n) is 4.23. The monoisotopic (exact) mass is 404 g/mol. The molecule has 0 atom stereocenters. The second-order valence-electron chi connectivity index (χ2n) is 6.47. The highest BCUT2D eigenvalue weighted by atomic mass is 32.2. The number of pyridine rings is 1. The van der Waals surface area contributed by atoms with Gasteiger partial charge in [0.05, 0.1) is 23.0 Å². The van der Waals surface area contributed by atoms with Gasteiger partial charge in [-0.2, -0.15) is 13.5 Å². The maximum absolute atomic E-state index is 10.9. The topological polar surface area (TPSA) is 121 Å². The molecule has 0 saturated heterocycles. The Balaban J connectivity index is 1.75. The van der Waals surface area contributed by atoms with E-state index in [9.17, 15) is 8.42 Å². The summed E-state index contributed by atoms with van der Waals surface area (Å²) in [4.78, 5) is 4.63. The molecule has 150 valence electrons. The van der Waals surface area contributed by atoms with Crippen LogP contribution in [0.5, 0.6) is 0 Å². The average molecular weight is 404 g/mol. The van der Waals surface area contributed by atoms with E-state index in [1.165, 1.54) is 0 Å². The first kappa shape index (κ1) is 19.9. The van der Waals surface area contributed by atoms with Crippen molar-refractivity contribution in [2.75, 3.05) is 21.9 Å². The predicted octanol–water partition coefficient (Wildman–Crippen LogP) is 3.01. The van der Waals surface area contributed by atoms with Gasteiger partial charge < -0.3 is 10.6 Å². The second-order valence-corrected chi connectivity index (χ2v) is 7.62. The largest absolute Gasteiger partial charge is 0.380 e. The number of aromatic nitrogens is 3. The Labute approximate surface area is 164 Å². The van der Waals surface area contributed by atoms with Crippen molar-refractivity contribution in [3.05, 3.63) is 42.1 Å². The summed E-state index contributed by atoms with van der Waals surface area (Å²) < 4.78 is 34.3. The van der Waals surface area contributed by atoms with E-state index in [0.29, 0.717) is 12.2 Å². The number of anilines is 3. The molecule has 9 nitrogen and oxygen atoms in total. The zero-order chi connectivity index (χ0) is 20.1. The second kappa shape index (κ2) is 8.44. The first-order chi connectivity index (χ1) is 13.4. The Kier molecular flexibility index (Phi) is 6.00. The summed E-state index contributed by atoms with van der Waals surface area (Å²) in [5, 5.41) is 12.0. The Morgan fingerprint density at radius 1 is 1.18 bits per heavy atom. The Bertz CT molecular complexity index is 1050. The van der Waals surface area contributed by atoms with Gasteiger partial charge in [0.25, 0.3) is 0 Å². The summed E-state index contributed by atoms with van der Waals surface area (Å²) in [6.07, 6.45) is 3.95. The van der Waals surface area contributed by atoms with Gasteiger partial charge in [-0.3, -0.25) is 14.0 Å². The van der Waals surface area contributed by atoms with E-state index in [2.05, 4.69) is 27.6 Å². The maximum atomic E-state index is 10.9. The van der Waals surface area contributed by atoms with Crippen LogP contribution in [0, 0.1) is 0 Å². The van der Waals surface area contributed by atoms with Crippen LogP contribution < -0.4 is 15.4 Å². The van der Waals surface area contributed by atoms with Crippen LogP contribution in [0.15, 0.2) is 36.5 Å². The predicted molar refractivity (Wildman–Crippen MR) is 111 cm³/mol. The summed E-state index contributed by atoms with van der Waals surface area (Å²) in [5.74, 6) is 0.791. The summed E-state index contributed by atoms with van der Waals surface area (Å²) in [6.45, 7) is 3.53. The molecule has 2 aromatic heterocycles. The molecule has 0 aliphatic rings. The molecule has 4 N–H and O–H groups in total. The lowest BCUT2D eigenvalue weighted by atomic mass is 10.2. The zero-order valence-corrected chi connectivity index (χ0v) is 16.6. The van der Waals surface area contributed by atoms with E-state index < -0.39 is 10.3 Å². The molecule has 1 aromatic carbocycles. The molecular formula is C18H24N6O3S. The molecular weight excluding hydrogens is 380 g/mol. The number of benzene rings is 1. The SMILES string of the molecule is CCCCNc1cc(NCc2ccc(NS(=O)(=O)O)cc2)c2cnn(C)c2n1. The van der Waals surface area contributed by atoms with Crippen molar-refractivity contribution in [2.24, 2.45) is 7.05 Å². The number of nitrogens with zero attached hydrogens (tertiary/aromatic N) is 3. The Morgan fingerprint density at radius 2 is 1.93 bits per heavy atom. The van der Waals surface area contributed by atoms with Crippen LogP contribution in [0.3, 0.4) is 0 Å². The van der Waals surface area contributed by atoms with Gasteiger partial charge in [0.1, 0.15) is 5.82 Å². The van der Waals surface area contributed by atoms with Crippen molar-refractivity contribution in [3.63, 3.8) is 0 Å². The van der Waals surface area contributed by atoms with Crippen molar-refractivity contribution in [1.29, 1.82) is 0 Å². The number of rotatable bonds is 9. The van der Waals surface area contributed by atoms with Gasteiger partial charge in [-0.05, 0) is 24.1 Å². The van der Waals surface area contributed by atoms with Crippen LogP contribution in [-0.2, 0) is 23.9 Å². The minimum Gasteiger partial charge on any atom is -0.380 e. The van der Waals surface area contributed by atoms with E-state index in [0.717, 1.165) is 47.5 Å². The van der Waals surface area contributed by atoms with Crippen LogP contribution in [0.4, 0.5) is 17.2 Å². The van der Waals surface area contributed by atoms with E-state index in [4.69, 9.17) is 4.55 Å². The molecule has 28 heavy (non-hydrogen) atoms. The molecule has 0 saturated carbocycles. The molecule has 0 unspecified atom stereocenters. The molecule has 3 rings (SSSR count). The average Bonchev–Trinajstić information content (AvgIpc) is 3.01. The normalized spacial score (nSPS) is 11.5. The molecule has 3 aromatic rings. The van der Waals surface area contributed by atoms with Crippen LogP contribution in [-0.4, -0.2) is 34.3 Å². The van der Waals surface area contributed by atoms with Gasteiger partial charge in [-0.25, -0.2) is 4.98 Å². The van der Waals surface area contributed by atoms with Gasteiger partial charge in [0.2, 0.25) is 0 Å². The van der Waals surface area contributed by atoms with Crippen LogP contribution in [0.2, 0.25) is 0 Å². The van der Waals surface area contributed by atoms with Gasteiger partial charge in [0, 0.05) is 26.2 Å². The molecule has 2 heterocycles. The zero-order valence-electron chi connectivity index (χ0n) is 15.8. The van der Waals surface area contributed by atoms with Gasteiger partial charge in [-0.15, -0.1) is 0 Å². The minimum atomic E-state index is -4.27. The van der Waals surface area contributed by atoms with Crippen molar-refractivity contribution in [3.8, 4) is 0 Å². The highest BCUT2D eigenvalue weighted by Crippen LogP contribution is 2.25. The summed E-state index contributed by atoms with van der Waals surface area (Å²) in [5.41, 5.74) is 2.95. The molecule has 0 radical (unpaired) electrons. The Hall–Kier alpha value is -2.85. The molecule has 0 bridgehead atoms. The van der Waals surface area contributed by atoms with Crippen molar-refractivity contribution in [2.45, 2.75) is 26.3 Å². The lowest BCUT2D eigenvalue weighted by molar-refractivity contribution is 0.489. The molecule has 0 aliphatic carbocycles. The standard InChI is InChI=1S/C18H24N6O3S/c1-3-4-9-19-17-10-16(15-12-21-24(2)18(15)22-17)20-11-13-5-7-14(8-6-13)23-28(25,26)27/h5-8,10,12,23H,3-4,9,11H2,1-2H3,(H2,19,20,22)(H,25,26,27). The van der Waals surface area contributed by atoms with Gasteiger partial charge in [-0.1, -0.05) is 25.5 Å². The van der Waals surface area contributed by atoms with Crippen LogP contribution in [0.1, 0.15) is 25.3 Å². The fourth-order valence-electron chi connectivity index (χ4n) is 2.78. The van der Waals surface area contributed by atoms with Gasteiger partial charge in [0.15, 0.2) is 5.65 Å². The van der Waals surface area contributed by atoms with E-state index in [1.807, 2.05) is 17.8 Å². The first-order valence-corrected chi connectivity index (χ1v) is 10.4. The first-order valence-electron chi connectivity index (χ1n) is 9.00. The summed E-state index contributed by atoms with van der Waals surface area (Å²) >= 11 is 0. The number of nitrogens with one attached hydrogen (secondary N) is 3. The fraction of sp³-hybridized carbons (Fsp3) is 0.333. The number of unbranched alkanes of at least 4 members (excludes halogenated alkanes) is 1. The third-order valence-corrected chi connectivity index (χ3v) is 4.72. The summed E-state index contributed by atoms with van der Waals surface area (Å²) in [6, 6.07) is 8.71. The molecule has 10 heteroatoms. The number of fused-ring (bicyclic) bond motifs is 1. The number of hydrogen-bond acceptors (Lipinski definition) is 6. The van der Waals surface area contributed by atoms with Crippen molar-refractivity contribution >= 4 is 38.5 Å². The highest BCUT2D eigenvalue weighted by Gasteiger charge is 2.10. The number of aryl methyl sites for hydroxylation is 1. The minimum absolute atomic E-state index is 0.298. The fourth-order valence-corrected chi connectivity index (χ4v) is 3.22. The number of hydrogen-bond donors (Lipinski definition) is 4.